The third kappa shape index (κ3) is 7.45. The molecule has 1 unspecified atom stereocenters. The summed E-state index contributed by atoms with van der Waals surface area (Å²) in [5.74, 6) is -1.79. The Bertz CT molecular complexity index is 646. The Hall–Kier alpha value is -2.09. The molecule has 134 valence electrons. The van der Waals surface area contributed by atoms with Crippen molar-refractivity contribution >= 4 is 21.8 Å². The number of hydrogen-bond acceptors (Lipinski definition) is 4. The number of carbonyl (C=O) groups is 2. The van der Waals surface area contributed by atoms with Crippen LogP contribution < -0.4 is 5.32 Å². The van der Waals surface area contributed by atoms with Crippen LogP contribution in [0.2, 0.25) is 0 Å². The van der Waals surface area contributed by atoms with E-state index in [0.717, 1.165) is 5.56 Å². The largest absolute Gasteiger partial charge is 0.481 e. The van der Waals surface area contributed by atoms with Gasteiger partial charge in [-0.3, -0.25) is 4.79 Å². The van der Waals surface area contributed by atoms with Gasteiger partial charge in [0, 0.05) is 20.1 Å². The van der Waals surface area contributed by atoms with Crippen LogP contribution in [0.3, 0.4) is 0 Å². The van der Waals surface area contributed by atoms with Gasteiger partial charge in [-0.05, 0) is 12.0 Å². The van der Waals surface area contributed by atoms with Crippen LogP contribution in [0, 0.1) is 5.92 Å². The molecular weight excluding hydrogens is 332 g/mol. The van der Waals surface area contributed by atoms with Crippen molar-refractivity contribution in [2.45, 2.75) is 13.3 Å². The monoisotopic (exact) mass is 356 g/mol. The first-order valence-electron chi connectivity index (χ1n) is 7.67. The van der Waals surface area contributed by atoms with Crippen LogP contribution in [0.4, 0.5) is 4.79 Å². The molecule has 0 fully saturated rings. The van der Waals surface area contributed by atoms with Crippen LogP contribution >= 0.6 is 0 Å². The predicted octanol–water partition coefficient (Wildman–Crippen LogP) is 1.01. The summed E-state index contributed by atoms with van der Waals surface area (Å²) >= 11 is 0. The molecule has 0 saturated heterocycles. The number of carbonyl (C=O) groups excluding carboxylic acids is 1. The number of carboxylic acids is 1. The van der Waals surface area contributed by atoms with Gasteiger partial charge in [0.05, 0.1) is 17.4 Å². The molecule has 0 heterocycles. The first-order valence-corrected chi connectivity index (χ1v) is 9.49. The van der Waals surface area contributed by atoms with Crippen molar-refractivity contribution in [2.24, 2.45) is 5.92 Å². The van der Waals surface area contributed by atoms with E-state index in [1.807, 2.05) is 30.3 Å². The van der Waals surface area contributed by atoms with Crippen molar-refractivity contribution in [1.29, 1.82) is 0 Å². The molecule has 2 amide bonds. The number of nitrogens with zero attached hydrogens (tertiary/aromatic N) is 1. The molecule has 0 saturated carbocycles. The average Bonchev–Trinajstić information content (AvgIpc) is 2.53. The van der Waals surface area contributed by atoms with E-state index in [0.29, 0.717) is 6.42 Å². The topological polar surface area (TPSA) is 104 Å². The van der Waals surface area contributed by atoms with E-state index in [9.17, 15) is 18.0 Å². The van der Waals surface area contributed by atoms with Gasteiger partial charge in [0.2, 0.25) is 0 Å². The Balaban J connectivity index is 2.34. The molecular formula is C16H24N2O5S. The highest BCUT2D eigenvalue weighted by Gasteiger charge is 2.18. The molecule has 7 nitrogen and oxygen atoms in total. The van der Waals surface area contributed by atoms with E-state index < -0.39 is 27.8 Å². The zero-order valence-electron chi connectivity index (χ0n) is 13.9. The number of amides is 2. The second-order valence-corrected chi connectivity index (χ2v) is 8.04. The van der Waals surface area contributed by atoms with Crippen LogP contribution in [0.1, 0.15) is 12.5 Å². The molecule has 2 N–H and O–H groups in total. The fraction of sp³-hybridized carbons (Fsp3) is 0.500. The lowest BCUT2D eigenvalue weighted by Crippen LogP contribution is -2.42. The van der Waals surface area contributed by atoms with Crippen molar-refractivity contribution in [3.63, 3.8) is 0 Å². The molecule has 1 aromatic rings. The van der Waals surface area contributed by atoms with Crippen molar-refractivity contribution in [2.75, 3.05) is 31.6 Å². The molecule has 8 heteroatoms. The first-order chi connectivity index (χ1) is 11.2. The molecule has 0 spiro atoms. The van der Waals surface area contributed by atoms with Crippen molar-refractivity contribution in [3.05, 3.63) is 35.9 Å². The highest BCUT2D eigenvalue weighted by atomic mass is 32.2. The summed E-state index contributed by atoms with van der Waals surface area (Å²) in [4.78, 5) is 23.8. The van der Waals surface area contributed by atoms with Gasteiger partial charge in [-0.15, -0.1) is 0 Å². The van der Waals surface area contributed by atoms with Crippen molar-refractivity contribution in [3.8, 4) is 0 Å². The van der Waals surface area contributed by atoms with Crippen LogP contribution in [0.5, 0.6) is 0 Å². The summed E-state index contributed by atoms with van der Waals surface area (Å²) in [6.07, 6.45) is 0.438. The normalized spacial score (nSPS) is 12.4. The first kappa shape index (κ1) is 20.0. The Morgan fingerprint density at radius 2 is 1.83 bits per heavy atom. The molecule has 0 radical (unpaired) electrons. The van der Waals surface area contributed by atoms with E-state index in [4.69, 9.17) is 5.11 Å². The zero-order chi connectivity index (χ0) is 18.2. The average molecular weight is 356 g/mol. The fourth-order valence-electron chi connectivity index (χ4n) is 2.04. The predicted molar refractivity (Wildman–Crippen MR) is 91.6 cm³/mol. The standard InChI is InChI=1S/C16H24N2O5S/c1-13(15(19)20)12-18(2)16(21)17-9-11-24(22,23)10-8-14-6-4-3-5-7-14/h3-7,13H,8-12H2,1-2H3,(H,17,21)(H,19,20). The summed E-state index contributed by atoms with van der Waals surface area (Å²) in [6.45, 7) is 1.56. The van der Waals surface area contributed by atoms with E-state index in [-0.39, 0.29) is 24.6 Å². The Labute approximate surface area is 142 Å². The van der Waals surface area contributed by atoms with E-state index in [2.05, 4.69) is 5.32 Å². The van der Waals surface area contributed by atoms with Crippen LogP contribution in [0.15, 0.2) is 30.3 Å². The number of rotatable bonds is 9. The Morgan fingerprint density at radius 1 is 1.21 bits per heavy atom. The summed E-state index contributed by atoms with van der Waals surface area (Å²) in [6, 6.07) is 8.84. The maximum Gasteiger partial charge on any atom is 0.317 e. The minimum absolute atomic E-state index is 0.00173. The maximum absolute atomic E-state index is 12.0. The number of sulfone groups is 1. The Morgan fingerprint density at radius 3 is 2.42 bits per heavy atom. The third-order valence-corrected chi connectivity index (χ3v) is 5.20. The lowest BCUT2D eigenvalue weighted by atomic mass is 10.2. The minimum Gasteiger partial charge on any atom is -0.481 e. The molecule has 1 aromatic carbocycles. The maximum atomic E-state index is 12.0. The van der Waals surface area contributed by atoms with E-state index in [1.54, 1.807) is 0 Å². The molecule has 0 bridgehead atoms. The quantitative estimate of drug-likeness (QED) is 0.687. The second kappa shape index (κ2) is 9.27. The number of benzene rings is 1. The second-order valence-electron chi connectivity index (χ2n) is 5.74. The Kier molecular flexibility index (Phi) is 7.70. The SMILES string of the molecule is CC(CN(C)C(=O)NCCS(=O)(=O)CCc1ccccc1)C(=O)O. The number of aryl methyl sites for hydroxylation is 1. The van der Waals surface area contributed by atoms with Crippen molar-refractivity contribution < 1.29 is 23.1 Å². The molecule has 1 rings (SSSR count). The van der Waals surface area contributed by atoms with Crippen molar-refractivity contribution in [1.82, 2.24) is 10.2 Å². The molecule has 0 aliphatic heterocycles. The summed E-state index contributed by atoms with van der Waals surface area (Å²) in [7, 11) is -1.79. The van der Waals surface area contributed by atoms with Crippen LogP contribution in [0.25, 0.3) is 0 Å². The van der Waals surface area contributed by atoms with E-state index >= 15 is 0 Å². The number of hydrogen-bond donors (Lipinski definition) is 2. The van der Waals surface area contributed by atoms with Gasteiger partial charge >= 0.3 is 12.0 Å². The number of nitrogens with one attached hydrogen (secondary N) is 1. The highest BCUT2D eigenvalue weighted by Crippen LogP contribution is 2.03. The molecule has 0 aliphatic carbocycles. The van der Waals surface area contributed by atoms with Crippen LogP contribution in [-0.2, 0) is 21.1 Å². The summed E-state index contributed by atoms with van der Waals surface area (Å²) < 4.78 is 24.0. The van der Waals surface area contributed by atoms with Crippen LogP contribution in [-0.4, -0.2) is 62.1 Å². The molecule has 24 heavy (non-hydrogen) atoms. The third-order valence-electron chi connectivity index (χ3n) is 3.55. The van der Waals surface area contributed by atoms with Gasteiger partial charge in [-0.2, -0.15) is 0 Å². The lowest BCUT2D eigenvalue weighted by molar-refractivity contribution is -0.141. The summed E-state index contributed by atoms with van der Waals surface area (Å²) in [5, 5.41) is 11.3. The summed E-state index contributed by atoms with van der Waals surface area (Å²) in [5.41, 5.74) is 0.951. The smallest absolute Gasteiger partial charge is 0.317 e. The number of urea groups is 1. The fourth-order valence-corrected chi connectivity index (χ4v) is 3.20. The molecule has 0 aliphatic rings. The number of aliphatic carboxylic acids is 1. The highest BCUT2D eigenvalue weighted by molar-refractivity contribution is 7.91. The van der Waals surface area contributed by atoms with E-state index in [1.165, 1.54) is 18.9 Å². The minimum atomic E-state index is -3.26. The molecule has 0 aromatic heterocycles. The molecule has 1 atom stereocenters. The van der Waals surface area contributed by atoms with Gasteiger partial charge in [0.1, 0.15) is 0 Å². The van der Waals surface area contributed by atoms with Gasteiger partial charge in [0.15, 0.2) is 9.84 Å². The van der Waals surface area contributed by atoms with Gasteiger partial charge in [-0.25, -0.2) is 13.2 Å². The van der Waals surface area contributed by atoms with Gasteiger partial charge < -0.3 is 15.3 Å². The van der Waals surface area contributed by atoms with Gasteiger partial charge in [0.25, 0.3) is 0 Å². The van der Waals surface area contributed by atoms with Gasteiger partial charge in [-0.1, -0.05) is 37.3 Å². The zero-order valence-corrected chi connectivity index (χ0v) is 14.8. The lowest BCUT2D eigenvalue weighted by Gasteiger charge is -2.20. The number of carboxylic acid groups (broad SMARTS) is 1.